The van der Waals surface area contributed by atoms with Crippen LogP contribution in [0.15, 0.2) is 59.6 Å². The molecule has 18 nitrogen and oxygen atoms in total. The zero-order valence-corrected chi connectivity index (χ0v) is 40.1. The van der Waals surface area contributed by atoms with Crippen molar-refractivity contribution in [1.29, 1.82) is 0 Å². The van der Waals surface area contributed by atoms with Gasteiger partial charge in [0.25, 0.3) is 0 Å². The smallest absolute Gasteiger partial charge is 0.410 e. The molecule has 2 amide bonds. The van der Waals surface area contributed by atoms with Gasteiger partial charge in [-0.2, -0.15) is 10.2 Å². The minimum Gasteiger partial charge on any atom is -0.444 e. The Hall–Kier alpha value is -5.50. The second-order valence-electron chi connectivity index (χ2n) is 18.8. The lowest BCUT2D eigenvalue weighted by Crippen LogP contribution is -2.43. The summed E-state index contributed by atoms with van der Waals surface area (Å²) in [6.45, 7) is 13.9. The Balaban J connectivity index is 0.000000192. The lowest BCUT2D eigenvalue weighted by Gasteiger charge is -2.34. The number of carbonyl (C=O) groups is 2. The number of imidazole rings is 2. The van der Waals surface area contributed by atoms with Gasteiger partial charge in [0.1, 0.15) is 16.2 Å². The molecule has 2 aliphatic heterocycles. The standard InChI is InChI=1S/C22H30N6O4S.C22H30N6O2S/c1-22(2,3)32-21(29)27-8-6-7-15(12-27)9-17-14-28-18(16-10-24-26(4)13-16)11-23-19(28)20(25-17)33(5,30)31;1-22(2,3)30-21(29)27-8-6-7-15(12-27)9-17-14-28-18(16-10-24-26(4)13-16)11-23-19(28)20(25-17)31-5/h10-11,13-15H,6-9,12H2,1-5H3;10-11,13-15H,6-9,12H2,1-5H3. The second-order valence-corrected chi connectivity index (χ2v) is 21.5. The first kappa shape index (κ1) is 46.5. The van der Waals surface area contributed by atoms with Gasteiger partial charge in [0.05, 0.1) is 47.6 Å². The molecule has 0 aromatic carbocycles. The van der Waals surface area contributed by atoms with E-state index in [0.717, 1.165) is 83.8 Å². The van der Waals surface area contributed by atoms with Gasteiger partial charge in [-0.3, -0.25) is 18.2 Å². The number of ether oxygens (including phenoxy) is 2. The van der Waals surface area contributed by atoms with Crippen LogP contribution in [0.4, 0.5) is 9.59 Å². The van der Waals surface area contributed by atoms with E-state index < -0.39 is 21.0 Å². The van der Waals surface area contributed by atoms with Gasteiger partial charge in [0.15, 0.2) is 26.2 Å². The number of fused-ring (bicyclic) bond motifs is 2. The van der Waals surface area contributed by atoms with Gasteiger partial charge in [0, 0.05) is 82.4 Å². The third kappa shape index (κ3) is 11.2. The summed E-state index contributed by atoms with van der Waals surface area (Å²) in [5.41, 5.74) is 5.36. The Labute approximate surface area is 378 Å². The van der Waals surface area contributed by atoms with Crippen molar-refractivity contribution in [3.63, 3.8) is 0 Å². The first-order valence-electron chi connectivity index (χ1n) is 21.6. The van der Waals surface area contributed by atoms with Gasteiger partial charge in [0.2, 0.25) is 0 Å². The quantitative estimate of drug-likeness (QED) is 0.146. The molecule has 2 unspecified atom stereocenters. The molecular weight excluding hydrogens is 857 g/mol. The fourth-order valence-corrected chi connectivity index (χ4v) is 9.48. The van der Waals surface area contributed by atoms with Crippen LogP contribution in [0.5, 0.6) is 0 Å². The fourth-order valence-electron chi connectivity index (χ4n) is 8.17. The lowest BCUT2D eigenvalue weighted by atomic mass is 9.94. The number of hydrogen-bond donors (Lipinski definition) is 0. The molecule has 2 aliphatic rings. The van der Waals surface area contributed by atoms with Crippen molar-refractivity contribution in [2.24, 2.45) is 25.9 Å². The number of nitrogens with zero attached hydrogens (tertiary/aromatic N) is 12. The van der Waals surface area contributed by atoms with Crippen LogP contribution in [0, 0.1) is 11.8 Å². The first-order chi connectivity index (χ1) is 30.1. The van der Waals surface area contributed by atoms with Crippen LogP contribution in [-0.2, 0) is 46.2 Å². The number of carbonyl (C=O) groups excluding carboxylic acids is 2. The highest BCUT2D eigenvalue weighted by atomic mass is 32.2. The summed E-state index contributed by atoms with van der Waals surface area (Å²) < 4.78 is 43.5. The highest BCUT2D eigenvalue weighted by molar-refractivity contribution is 7.98. The summed E-state index contributed by atoms with van der Waals surface area (Å²) >= 11 is 1.60. The molecule has 20 heteroatoms. The highest BCUT2D eigenvalue weighted by Gasteiger charge is 2.30. The lowest BCUT2D eigenvalue weighted by molar-refractivity contribution is 0.0156. The average Bonchev–Trinajstić information content (AvgIpc) is 4.03. The normalized spacial score (nSPS) is 17.4. The second kappa shape index (κ2) is 18.5. The molecule has 0 N–H and O–H groups in total. The number of amides is 2. The zero-order chi connectivity index (χ0) is 46.1. The van der Waals surface area contributed by atoms with Crippen LogP contribution in [0.25, 0.3) is 33.8 Å². The molecule has 8 heterocycles. The van der Waals surface area contributed by atoms with Crippen LogP contribution >= 0.6 is 11.8 Å². The van der Waals surface area contributed by atoms with E-state index >= 15 is 0 Å². The molecular formula is C44H60N12O6S2. The summed E-state index contributed by atoms with van der Waals surface area (Å²) in [6, 6.07) is 0. The third-order valence-electron chi connectivity index (χ3n) is 10.9. The van der Waals surface area contributed by atoms with Gasteiger partial charge >= 0.3 is 12.2 Å². The predicted octanol–water partition coefficient (Wildman–Crippen LogP) is 6.76. The molecule has 2 fully saturated rings. The van der Waals surface area contributed by atoms with E-state index in [2.05, 4.69) is 35.7 Å². The van der Waals surface area contributed by atoms with Crippen molar-refractivity contribution in [2.75, 3.05) is 38.7 Å². The first-order valence-corrected chi connectivity index (χ1v) is 24.7. The van der Waals surface area contributed by atoms with Crippen molar-refractivity contribution in [3.8, 4) is 22.5 Å². The molecule has 0 radical (unpaired) electrons. The van der Waals surface area contributed by atoms with Crippen molar-refractivity contribution >= 4 is 45.1 Å². The van der Waals surface area contributed by atoms with Crippen LogP contribution in [-0.4, -0.2) is 129 Å². The molecule has 6 aromatic heterocycles. The largest absolute Gasteiger partial charge is 0.444 e. The van der Waals surface area contributed by atoms with Crippen molar-refractivity contribution in [3.05, 3.63) is 61.0 Å². The summed E-state index contributed by atoms with van der Waals surface area (Å²) in [5.74, 6) is 0.500. The molecule has 0 aliphatic carbocycles. The molecule has 0 saturated carbocycles. The highest BCUT2D eigenvalue weighted by Crippen LogP contribution is 2.30. The van der Waals surface area contributed by atoms with E-state index in [-0.39, 0.29) is 23.1 Å². The molecule has 2 atom stereocenters. The summed E-state index contributed by atoms with van der Waals surface area (Å²) in [5, 5.41) is 9.37. The summed E-state index contributed by atoms with van der Waals surface area (Å²) in [4.78, 5) is 46.9. The van der Waals surface area contributed by atoms with Crippen LogP contribution in [0.3, 0.4) is 0 Å². The minimum atomic E-state index is -3.60. The maximum Gasteiger partial charge on any atom is 0.410 e. The Bertz CT molecular complexity index is 2740. The molecule has 64 heavy (non-hydrogen) atoms. The Morgan fingerprint density at radius 3 is 1.58 bits per heavy atom. The van der Waals surface area contributed by atoms with Crippen molar-refractivity contribution in [1.82, 2.24) is 58.1 Å². The van der Waals surface area contributed by atoms with Gasteiger partial charge in [-0.1, -0.05) is 0 Å². The zero-order valence-electron chi connectivity index (χ0n) is 38.5. The predicted molar refractivity (Wildman–Crippen MR) is 244 cm³/mol. The van der Waals surface area contributed by atoms with Gasteiger partial charge < -0.3 is 19.3 Å². The minimum absolute atomic E-state index is 0.0463. The molecule has 0 bridgehead atoms. The van der Waals surface area contributed by atoms with Crippen molar-refractivity contribution in [2.45, 2.75) is 101 Å². The number of likely N-dealkylation sites (tertiary alicyclic amines) is 2. The number of sulfone groups is 1. The molecule has 6 aromatic rings. The summed E-state index contributed by atoms with van der Waals surface area (Å²) in [7, 11) is 0.129. The fraction of sp³-hybridized carbons (Fsp3) is 0.545. The number of aromatic nitrogens is 10. The van der Waals surface area contributed by atoms with Gasteiger partial charge in [-0.25, -0.2) is 37.9 Å². The van der Waals surface area contributed by atoms with Crippen LogP contribution in [0.1, 0.15) is 78.6 Å². The number of thioether (sulfide) groups is 1. The molecule has 2 saturated heterocycles. The summed E-state index contributed by atoms with van der Waals surface area (Å²) in [6.07, 6.45) is 22.7. The monoisotopic (exact) mass is 916 g/mol. The SMILES string of the molecule is CSc1nc(CC2CCCN(C(=O)OC(C)(C)C)C2)cn2c(-c3cnn(C)c3)cnc12.Cn1cc(-c2cnc3c(S(C)(=O)=O)nc(CC4CCCN(C(=O)OC(C)(C)C)C4)cn23)cn1. The van der Waals surface area contributed by atoms with Crippen LogP contribution < -0.4 is 0 Å². The van der Waals surface area contributed by atoms with E-state index in [9.17, 15) is 18.0 Å². The maximum absolute atomic E-state index is 12.5. The van der Waals surface area contributed by atoms with Crippen LogP contribution in [0.2, 0.25) is 0 Å². The molecule has 0 spiro atoms. The third-order valence-corrected chi connectivity index (χ3v) is 12.5. The van der Waals surface area contributed by atoms with Crippen molar-refractivity contribution < 1.29 is 27.5 Å². The Morgan fingerprint density at radius 1 is 0.703 bits per heavy atom. The number of rotatable bonds is 8. The Kier molecular flexibility index (Phi) is 13.5. The topological polar surface area (TPSA) is 189 Å². The molecule has 8 rings (SSSR count). The van der Waals surface area contributed by atoms with E-state index in [1.807, 2.05) is 97.8 Å². The number of aryl methyl sites for hydroxylation is 2. The van der Waals surface area contributed by atoms with Gasteiger partial charge in [-0.05, 0) is 98.2 Å². The number of piperidine rings is 2. The average molecular weight is 917 g/mol. The van der Waals surface area contributed by atoms with E-state index in [1.54, 1.807) is 42.8 Å². The van der Waals surface area contributed by atoms with Gasteiger partial charge in [-0.15, -0.1) is 11.8 Å². The molecule has 344 valence electrons. The van der Waals surface area contributed by atoms with E-state index in [1.165, 1.54) is 0 Å². The Morgan fingerprint density at radius 2 is 1.16 bits per heavy atom. The number of hydrogen-bond acceptors (Lipinski definition) is 13. The maximum atomic E-state index is 12.5. The van der Waals surface area contributed by atoms with E-state index in [4.69, 9.17) is 14.5 Å². The van der Waals surface area contributed by atoms with E-state index in [0.29, 0.717) is 43.3 Å².